The predicted molar refractivity (Wildman–Crippen MR) is 102 cm³/mol. The van der Waals surface area contributed by atoms with Crippen LogP contribution in [0.25, 0.3) is 11.1 Å². The van der Waals surface area contributed by atoms with Crippen LogP contribution in [0, 0.1) is 0 Å². The van der Waals surface area contributed by atoms with Crippen LogP contribution in [0.5, 0.6) is 0 Å². The van der Waals surface area contributed by atoms with Gasteiger partial charge in [-0.15, -0.1) is 0 Å². The highest BCUT2D eigenvalue weighted by Crippen LogP contribution is 2.44. The van der Waals surface area contributed by atoms with Gasteiger partial charge in [-0.3, -0.25) is 9.63 Å². The first-order valence-electron chi connectivity index (χ1n) is 9.00. The number of benzene rings is 2. The molecule has 0 saturated carbocycles. The molecule has 1 atom stereocenters. The van der Waals surface area contributed by atoms with Gasteiger partial charge in [0.25, 0.3) is 5.91 Å². The van der Waals surface area contributed by atoms with Crippen molar-refractivity contribution in [2.75, 3.05) is 20.8 Å². The lowest BCUT2D eigenvalue weighted by Crippen LogP contribution is -2.47. The van der Waals surface area contributed by atoms with Gasteiger partial charge in [0, 0.05) is 13.0 Å². The van der Waals surface area contributed by atoms with E-state index in [0.29, 0.717) is 6.42 Å². The summed E-state index contributed by atoms with van der Waals surface area (Å²) in [6, 6.07) is 15.6. The fraction of sp³-hybridized carbons (Fsp3) is 0.333. The summed E-state index contributed by atoms with van der Waals surface area (Å²) in [5.41, 5.74) is 4.64. The van der Waals surface area contributed by atoms with Crippen LogP contribution in [0.4, 0.5) is 4.79 Å². The molecular formula is C21H24N2O4. The van der Waals surface area contributed by atoms with Crippen LogP contribution >= 0.6 is 0 Å². The lowest BCUT2D eigenvalue weighted by Gasteiger charge is -2.22. The first-order valence-corrected chi connectivity index (χ1v) is 9.00. The molecule has 0 unspecified atom stereocenters. The van der Waals surface area contributed by atoms with E-state index in [1.165, 1.54) is 25.3 Å². The number of fused-ring (bicyclic) bond motifs is 3. The molecule has 0 fully saturated rings. The molecule has 6 heteroatoms. The third-order valence-corrected chi connectivity index (χ3v) is 4.93. The Hall–Kier alpha value is -2.86. The van der Waals surface area contributed by atoms with Gasteiger partial charge in [0.1, 0.15) is 12.6 Å². The van der Waals surface area contributed by atoms with Gasteiger partial charge >= 0.3 is 6.09 Å². The van der Waals surface area contributed by atoms with Gasteiger partial charge < -0.3 is 10.1 Å². The third kappa shape index (κ3) is 3.80. The summed E-state index contributed by atoms with van der Waals surface area (Å²) in [5, 5.41) is 3.72. The number of nitrogens with zero attached hydrogens (tertiary/aromatic N) is 1. The van der Waals surface area contributed by atoms with Crippen LogP contribution in [-0.4, -0.2) is 43.9 Å². The van der Waals surface area contributed by atoms with Gasteiger partial charge in [0.05, 0.1) is 7.11 Å². The molecule has 1 N–H and O–H groups in total. The Balaban J connectivity index is 1.68. The van der Waals surface area contributed by atoms with Crippen LogP contribution in [0.15, 0.2) is 48.5 Å². The minimum absolute atomic E-state index is 0.0134. The number of alkyl carbamates (subject to hydrolysis) is 1. The Morgan fingerprint density at radius 2 is 1.63 bits per heavy atom. The molecule has 0 spiro atoms. The van der Waals surface area contributed by atoms with Crippen molar-refractivity contribution in [3.05, 3.63) is 59.7 Å². The smallest absolute Gasteiger partial charge is 0.407 e. The molecule has 0 bridgehead atoms. The minimum Gasteiger partial charge on any atom is -0.449 e. The number of likely N-dealkylation sites (N-methyl/N-ethyl adjacent to an activating group) is 1. The molecule has 0 saturated heterocycles. The second-order valence-electron chi connectivity index (χ2n) is 6.45. The van der Waals surface area contributed by atoms with Gasteiger partial charge in [-0.2, -0.15) is 0 Å². The second-order valence-corrected chi connectivity index (χ2v) is 6.45. The van der Waals surface area contributed by atoms with Crippen molar-refractivity contribution >= 4 is 12.0 Å². The van der Waals surface area contributed by atoms with Crippen molar-refractivity contribution in [3.63, 3.8) is 0 Å². The Morgan fingerprint density at radius 1 is 1.07 bits per heavy atom. The van der Waals surface area contributed by atoms with Gasteiger partial charge in [-0.25, -0.2) is 9.86 Å². The fourth-order valence-corrected chi connectivity index (χ4v) is 3.43. The summed E-state index contributed by atoms with van der Waals surface area (Å²) >= 11 is 0. The molecule has 2 amide bonds. The molecule has 1 aliphatic rings. The van der Waals surface area contributed by atoms with Crippen molar-refractivity contribution < 1.29 is 19.2 Å². The third-order valence-electron chi connectivity index (χ3n) is 4.93. The van der Waals surface area contributed by atoms with E-state index in [4.69, 9.17) is 9.57 Å². The number of ether oxygens (including phenoxy) is 1. The van der Waals surface area contributed by atoms with E-state index in [2.05, 4.69) is 29.6 Å². The van der Waals surface area contributed by atoms with Crippen LogP contribution < -0.4 is 5.32 Å². The molecule has 2 aromatic rings. The van der Waals surface area contributed by atoms with E-state index in [1.54, 1.807) is 0 Å². The summed E-state index contributed by atoms with van der Waals surface area (Å²) in [5.74, 6) is -0.339. The lowest BCUT2D eigenvalue weighted by atomic mass is 9.98. The van der Waals surface area contributed by atoms with Crippen LogP contribution in [0.3, 0.4) is 0 Å². The highest BCUT2D eigenvalue weighted by Gasteiger charge is 2.30. The molecule has 0 heterocycles. The van der Waals surface area contributed by atoms with Crippen molar-refractivity contribution in [1.82, 2.24) is 10.4 Å². The molecule has 1 aliphatic carbocycles. The summed E-state index contributed by atoms with van der Waals surface area (Å²) in [4.78, 5) is 29.3. The molecule has 0 aromatic heterocycles. The van der Waals surface area contributed by atoms with E-state index < -0.39 is 12.1 Å². The maximum Gasteiger partial charge on any atom is 0.407 e. The number of hydrogen-bond donors (Lipinski definition) is 1. The monoisotopic (exact) mass is 368 g/mol. The number of hydroxylamine groups is 2. The average Bonchev–Trinajstić information content (AvgIpc) is 3.03. The Kier molecular flexibility index (Phi) is 5.76. The molecule has 3 rings (SSSR count). The van der Waals surface area contributed by atoms with Gasteiger partial charge in [-0.05, 0) is 28.7 Å². The van der Waals surface area contributed by atoms with E-state index in [0.717, 1.165) is 16.2 Å². The Bertz CT molecular complexity index is 791. The molecule has 0 aliphatic heterocycles. The number of carbonyl (C=O) groups is 2. The van der Waals surface area contributed by atoms with Gasteiger partial charge in [-0.1, -0.05) is 55.5 Å². The zero-order valence-corrected chi connectivity index (χ0v) is 15.8. The SMILES string of the molecule is CC[C@H](NC(=O)OCC1c2ccccc2-c2ccccc21)C(=O)N(C)OC. The maximum atomic E-state index is 12.3. The lowest BCUT2D eigenvalue weighted by molar-refractivity contribution is -0.171. The highest BCUT2D eigenvalue weighted by atomic mass is 16.7. The maximum absolute atomic E-state index is 12.3. The largest absolute Gasteiger partial charge is 0.449 e. The standard InChI is InChI=1S/C21H24N2O4/c1-4-19(20(24)23(2)26-3)22-21(25)27-13-18-16-11-7-5-9-14(16)15-10-6-8-12-17(15)18/h5-12,18-19H,4,13H2,1-3H3,(H,22,25)/t19-/m0/s1. The summed E-state index contributed by atoms with van der Waals surface area (Å²) in [6.45, 7) is 2.03. The van der Waals surface area contributed by atoms with Crippen molar-refractivity contribution in [3.8, 4) is 11.1 Å². The van der Waals surface area contributed by atoms with Crippen molar-refractivity contribution in [1.29, 1.82) is 0 Å². The molecule has 0 radical (unpaired) electrons. The topological polar surface area (TPSA) is 67.9 Å². The predicted octanol–water partition coefficient (Wildman–Crippen LogP) is 3.32. The molecular weight excluding hydrogens is 344 g/mol. The Morgan fingerprint density at radius 3 is 2.15 bits per heavy atom. The second kappa shape index (κ2) is 8.22. The summed E-state index contributed by atoms with van der Waals surface area (Å²) < 4.78 is 5.47. The number of rotatable bonds is 6. The van der Waals surface area contributed by atoms with Gasteiger partial charge in [0.2, 0.25) is 0 Å². The Labute approximate surface area is 159 Å². The number of hydrogen-bond acceptors (Lipinski definition) is 4. The summed E-state index contributed by atoms with van der Waals surface area (Å²) in [6.07, 6.45) is -0.168. The first-order chi connectivity index (χ1) is 13.1. The van der Waals surface area contributed by atoms with E-state index in [-0.39, 0.29) is 18.4 Å². The fourth-order valence-electron chi connectivity index (χ4n) is 3.43. The van der Waals surface area contributed by atoms with E-state index in [9.17, 15) is 9.59 Å². The average molecular weight is 368 g/mol. The van der Waals surface area contributed by atoms with Gasteiger partial charge in [0.15, 0.2) is 0 Å². The minimum atomic E-state index is -0.689. The van der Waals surface area contributed by atoms with E-state index in [1.807, 2.05) is 31.2 Å². The quantitative estimate of drug-likeness (QED) is 0.794. The van der Waals surface area contributed by atoms with Crippen LogP contribution in [0.2, 0.25) is 0 Å². The first kappa shape index (κ1) is 18.9. The zero-order chi connectivity index (χ0) is 19.4. The number of carbonyl (C=O) groups excluding carboxylic acids is 2. The highest BCUT2D eigenvalue weighted by molar-refractivity contribution is 5.85. The molecule has 27 heavy (non-hydrogen) atoms. The number of amides is 2. The number of nitrogens with one attached hydrogen (secondary N) is 1. The molecule has 2 aromatic carbocycles. The van der Waals surface area contributed by atoms with Crippen molar-refractivity contribution in [2.24, 2.45) is 0 Å². The molecule has 6 nitrogen and oxygen atoms in total. The van der Waals surface area contributed by atoms with Crippen molar-refractivity contribution in [2.45, 2.75) is 25.3 Å². The van der Waals surface area contributed by atoms with E-state index >= 15 is 0 Å². The summed E-state index contributed by atoms with van der Waals surface area (Å²) in [7, 11) is 2.91. The zero-order valence-electron chi connectivity index (χ0n) is 15.8. The normalized spacial score (nSPS) is 13.4. The van der Waals surface area contributed by atoms with Crippen LogP contribution in [-0.2, 0) is 14.4 Å². The molecule has 142 valence electrons. The van der Waals surface area contributed by atoms with Crippen LogP contribution in [0.1, 0.15) is 30.4 Å².